The Morgan fingerprint density at radius 2 is 2.15 bits per heavy atom. The summed E-state index contributed by atoms with van der Waals surface area (Å²) < 4.78 is 26.9. The Kier molecular flexibility index (Phi) is 4.92. The third-order valence-corrected chi connectivity index (χ3v) is 7.40. The number of rotatable bonds is 6. The van der Waals surface area contributed by atoms with Gasteiger partial charge in [0.05, 0.1) is 4.88 Å². The minimum absolute atomic E-state index is 0.220. The van der Waals surface area contributed by atoms with Crippen molar-refractivity contribution in [1.29, 1.82) is 0 Å². The molecule has 0 aliphatic carbocycles. The predicted molar refractivity (Wildman–Crippen MR) is 87.8 cm³/mol. The van der Waals surface area contributed by atoms with Crippen LogP contribution in [0.3, 0.4) is 0 Å². The molecule has 2 N–H and O–H groups in total. The predicted octanol–water partition coefficient (Wildman–Crippen LogP) is 2.65. The molecular formula is C12H14N2O2S4. The van der Waals surface area contributed by atoms with Gasteiger partial charge in [-0.1, -0.05) is 25.2 Å². The first-order valence-corrected chi connectivity index (χ1v) is 9.41. The van der Waals surface area contributed by atoms with Crippen LogP contribution in [0.1, 0.15) is 16.7 Å². The van der Waals surface area contributed by atoms with E-state index in [4.69, 9.17) is 18.0 Å². The van der Waals surface area contributed by atoms with E-state index in [1.54, 1.807) is 23.5 Å². The first-order valence-electron chi connectivity index (χ1n) is 5.87. The molecule has 0 amide bonds. The van der Waals surface area contributed by atoms with Gasteiger partial charge in [-0.3, -0.25) is 0 Å². The number of nitrogens with zero attached hydrogens (tertiary/aromatic N) is 1. The summed E-state index contributed by atoms with van der Waals surface area (Å²) in [6.07, 6.45) is 0. The van der Waals surface area contributed by atoms with Crippen molar-refractivity contribution in [2.45, 2.75) is 17.7 Å². The monoisotopic (exact) mass is 346 g/mol. The highest BCUT2D eigenvalue weighted by molar-refractivity contribution is 7.91. The van der Waals surface area contributed by atoms with Gasteiger partial charge in [0.25, 0.3) is 10.0 Å². The summed E-state index contributed by atoms with van der Waals surface area (Å²) in [4.78, 5) is 1.85. The zero-order valence-electron chi connectivity index (χ0n) is 10.8. The van der Waals surface area contributed by atoms with Crippen LogP contribution in [0.2, 0.25) is 0 Å². The summed E-state index contributed by atoms with van der Waals surface area (Å²) in [5.74, 6) is 0. The molecule has 0 fully saturated rings. The van der Waals surface area contributed by atoms with E-state index >= 15 is 0 Å². The van der Waals surface area contributed by atoms with Crippen molar-refractivity contribution in [2.75, 3.05) is 6.54 Å². The van der Waals surface area contributed by atoms with Gasteiger partial charge < -0.3 is 5.73 Å². The second-order valence-electron chi connectivity index (χ2n) is 3.99. The zero-order chi connectivity index (χ0) is 14.8. The van der Waals surface area contributed by atoms with Crippen LogP contribution in [0.25, 0.3) is 0 Å². The van der Waals surface area contributed by atoms with Crippen LogP contribution in [0.5, 0.6) is 0 Å². The lowest BCUT2D eigenvalue weighted by Gasteiger charge is -2.18. The van der Waals surface area contributed by atoms with E-state index in [0.717, 1.165) is 16.2 Å². The molecule has 0 bridgehead atoms. The third-order valence-electron chi connectivity index (χ3n) is 2.68. The van der Waals surface area contributed by atoms with Gasteiger partial charge >= 0.3 is 0 Å². The van der Waals surface area contributed by atoms with Gasteiger partial charge in [-0.25, -0.2) is 8.42 Å². The fourth-order valence-corrected chi connectivity index (χ4v) is 5.40. The molecule has 0 aliphatic rings. The summed E-state index contributed by atoms with van der Waals surface area (Å²) in [7, 11) is -3.50. The molecule has 4 nitrogen and oxygen atoms in total. The van der Waals surface area contributed by atoms with Gasteiger partial charge in [-0.2, -0.15) is 4.31 Å². The molecule has 0 radical (unpaired) electrons. The zero-order valence-corrected chi connectivity index (χ0v) is 14.0. The van der Waals surface area contributed by atoms with Crippen molar-refractivity contribution in [3.63, 3.8) is 0 Å². The molecule has 0 atom stereocenters. The van der Waals surface area contributed by atoms with Crippen LogP contribution in [-0.2, 0) is 16.6 Å². The number of hydrogen-bond donors (Lipinski definition) is 1. The Labute approximate surface area is 131 Å². The van der Waals surface area contributed by atoms with Crippen LogP contribution in [-0.4, -0.2) is 24.3 Å². The highest BCUT2D eigenvalue weighted by Crippen LogP contribution is 2.26. The topological polar surface area (TPSA) is 63.4 Å². The van der Waals surface area contributed by atoms with E-state index in [2.05, 4.69) is 0 Å². The van der Waals surface area contributed by atoms with E-state index in [9.17, 15) is 8.42 Å². The third kappa shape index (κ3) is 3.26. The number of nitrogens with two attached hydrogens (primary N) is 1. The maximum Gasteiger partial charge on any atom is 0.252 e. The molecule has 108 valence electrons. The van der Waals surface area contributed by atoms with E-state index in [-0.39, 0.29) is 9.20 Å². The Balaban J connectivity index is 2.28. The molecule has 20 heavy (non-hydrogen) atoms. The molecule has 2 aromatic heterocycles. The number of hydrogen-bond acceptors (Lipinski definition) is 5. The smallest absolute Gasteiger partial charge is 0.252 e. The van der Waals surface area contributed by atoms with Crippen molar-refractivity contribution in [1.82, 2.24) is 4.31 Å². The number of thiocarbonyl (C=S) groups is 1. The van der Waals surface area contributed by atoms with Crippen LogP contribution in [0, 0.1) is 0 Å². The quantitative estimate of drug-likeness (QED) is 0.817. The van der Waals surface area contributed by atoms with Gasteiger partial charge in [0.1, 0.15) is 9.20 Å². The Morgan fingerprint density at radius 3 is 2.65 bits per heavy atom. The second kappa shape index (κ2) is 6.31. The molecule has 0 saturated heterocycles. The average molecular weight is 347 g/mol. The van der Waals surface area contributed by atoms with Gasteiger partial charge in [-0.05, 0) is 23.6 Å². The molecule has 2 rings (SSSR count). The van der Waals surface area contributed by atoms with Gasteiger partial charge in [-0.15, -0.1) is 22.7 Å². The second-order valence-corrected chi connectivity index (χ2v) is 8.71. The molecule has 2 aromatic rings. The summed E-state index contributed by atoms with van der Waals surface area (Å²) in [6.45, 7) is 2.63. The van der Waals surface area contributed by atoms with Crippen LogP contribution in [0.15, 0.2) is 33.9 Å². The van der Waals surface area contributed by atoms with Crippen molar-refractivity contribution in [3.05, 3.63) is 39.4 Å². The van der Waals surface area contributed by atoms with E-state index in [0.29, 0.717) is 18.0 Å². The lowest BCUT2D eigenvalue weighted by atomic mass is 10.4. The minimum atomic E-state index is -3.50. The van der Waals surface area contributed by atoms with Crippen molar-refractivity contribution in [2.24, 2.45) is 5.73 Å². The van der Waals surface area contributed by atoms with Crippen molar-refractivity contribution in [3.8, 4) is 0 Å². The maximum absolute atomic E-state index is 12.6. The van der Waals surface area contributed by atoms with Gasteiger partial charge in [0.15, 0.2) is 0 Å². The summed E-state index contributed by atoms with van der Waals surface area (Å²) in [6, 6.07) is 7.05. The minimum Gasteiger partial charge on any atom is -0.389 e. The van der Waals surface area contributed by atoms with E-state index in [1.165, 1.54) is 4.31 Å². The summed E-state index contributed by atoms with van der Waals surface area (Å²) >= 11 is 7.52. The molecule has 0 saturated carbocycles. The van der Waals surface area contributed by atoms with Crippen LogP contribution in [0.4, 0.5) is 0 Å². The van der Waals surface area contributed by atoms with Gasteiger partial charge in [0.2, 0.25) is 0 Å². The van der Waals surface area contributed by atoms with Crippen molar-refractivity contribution < 1.29 is 8.42 Å². The lowest BCUT2D eigenvalue weighted by Crippen LogP contribution is -2.29. The fraction of sp³-hybridized carbons (Fsp3) is 0.250. The normalized spacial score (nSPS) is 11.9. The van der Waals surface area contributed by atoms with E-state index < -0.39 is 10.0 Å². The molecule has 0 aromatic carbocycles. The summed E-state index contributed by atoms with van der Waals surface area (Å²) in [5.41, 5.74) is 5.52. The molecule has 0 unspecified atom stereocenters. The first kappa shape index (κ1) is 15.6. The standard InChI is InChI=1S/C12H14N2O2S4/c1-2-14(8-9-4-3-7-18-9)20(15,16)11-6-5-10(19-11)12(13)17/h3-7H,2,8H2,1H3,(H2,13,17). The molecular weight excluding hydrogens is 332 g/mol. The fourth-order valence-electron chi connectivity index (χ4n) is 1.66. The van der Waals surface area contributed by atoms with Crippen LogP contribution >= 0.6 is 34.9 Å². The average Bonchev–Trinajstić information content (AvgIpc) is 3.06. The van der Waals surface area contributed by atoms with Crippen LogP contribution < -0.4 is 5.73 Å². The SMILES string of the molecule is CCN(Cc1cccs1)S(=O)(=O)c1ccc(C(N)=S)s1. The largest absolute Gasteiger partial charge is 0.389 e. The van der Waals surface area contributed by atoms with E-state index in [1.807, 2.05) is 24.4 Å². The van der Waals surface area contributed by atoms with Crippen molar-refractivity contribution >= 4 is 49.9 Å². The Morgan fingerprint density at radius 1 is 1.40 bits per heavy atom. The first-order chi connectivity index (χ1) is 9.45. The lowest BCUT2D eigenvalue weighted by molar-refractivity contribution is 0.428. The highest BCUT2D eigenvalue weighted by atomic mass is 32.2. The maximum atomic E-state index is 12.6. The Bertz CT molecular complexity index is 689. The number of thiophene rings is 2. The molecule has 8 heteroatoms. The Hall–Kier alpha value is -0.800. The summed E-state index contributed by atoms with van der Waals surface area (Å²) in [5, 5.41) is 1.94. The number of sulfonamides is 1. The highest BCUT2D eigenvalue weighted by Gasteiger charge is 2.25. The molecule has 2 heterocycles. The molecule has 0 spiro atoms. The molecule has 0 aliphatic heterocycles. The van der Waals surface area contributed by atoms with Gasteiger partial charge in [0, 0.05) is 18.0 Å².